The summed E-state index contributed by atoms with van der Waals surface area (Å²) in [5.74, 6) is 0.880. The second-order valence-corrected chi connectivity index (χ2v) is 5.52. The van der Waals surface area contributed by atoms with E-state index in [2.05, 4.69) is 27.0 Å². The van der Waals surface area contributed by atoms with Crippen LogP contribution in [0, 0.1) is 0 Å². The highest BCUT2D eigenvalue weighted by Gasteiger charge is 2.07. The predicted molar refractivity (Wildman–Crippen MR) is 107 cm³/mol. The molecule has 1 heterocycles. The number of guanidine groups is 1. The minimum absolute atomic E-state index is 0. The first-order chi connectivity index (χ1) is 11.3. The number of furan rings is 1. The van der Waals surface area contributed by atoms with Gasteiger partial charge < -0.3 is 20.4 Å². The van der Waals surface area contributed by atoms with Crippen molar-refractivity contribution in [2.24, 2.45) is 4.99 Å². The van der Waals surface area contributed by atoms with E-state index in [-0.39, 0.29) is 29.9 Å². The molecule has 134 valence electrons. The standard InChI is InChI=1S/C17H26N4O2.HI/c1-18-17(20-10-9-14-6-3-2-4-7-14)21-12-11-19-16(22)15-8-5-13-23-15;/h5-6,8,13H,2-4,7,9-12H2,1H3,(H,19,22)(H2,18,20,21);1H. The van der Waals surface area contributed by atoms with Crippen LogP contribution in [-0.4, -0.2) is 38.5 Å². The maximum absolute atomic E-state index is 11.7. The number of nitrogens with one attached hydrogen (secondary N) is 3. The number of aliphatic imine (C=N–C) groups is 1. The third-order valence-corrected chi connectivity index (χ3v) is 3.80. The molecule has 1 aliphatic carbocycles. The summed E-state index contributed by atoms with van der Waals surface area (Å²) in [5.41, 5.74) is 1.55. The van der Waals surface area contributed by atoms with Crippen LogP contribution in [0.25, 0.3) is 0 Å². The number of carbonyl (C=O) groups is 1. The number of hydrogen-bond donors (Lipinski definition) is 3. The van der Waals surface area contributed by atoms with Gasteiger partial charge >= 0.3 is 0 Å². The smallest absolute Gasteiger partial charge is 0.287 e. The molecule has 0 saturated heterocycles. The summed E-state index contributed by atoms with van der Waals surface area (Å²) in [6, 6.07) is 3.34. The third-order valence-electron chi connectivity index (χ3n) is 3.80. The fraction of sp³-hybridized carbons (Fsp3) is 0.529. The van der Waals surface area contributed by atoms with Crippen molar-refractivity contribution in [1.29, 1.82) is 0 Å². The number of hydrogen-bond acceptors (Lipinski definition) is 3. The van der Waals surface area contributed by atoms with Crippen LogP contribution in [0.15, 0.2) is 39.5 Å². The lowest BCUT2D eigenvalue weighted by molar-refractivity contribution is 0.0926. The van der Waals surface area contributed by atoms with E-state index in [1.165, 1.54) is 31.9 Å². The van der Waals surface area contributed by atoms with Crippen LogP contribution in [0.1, 0.15) is 42.7 Å². The maximum Gasteiger partial charge on any atom is 0.287 e. The van der Waals surface area contributed by atoms with Gasteiger partial charge in [0.2, 0.25) is 0 Å². The normalized spacial score (nSPS) is 14.4. The van der Waals surface area contributed by atoms with E-state index >= 15 is 0 Å². The summed E-state index contributed by atoms with van der Waals surface area (Å²) >= 11 is 0. The zero-order valence-corrected chi connectivity index (χ0v) is 16.5. The number of halogens is 1. The molecule has 0 aliphatic heterocycles. The molecule has 7 heteroatoms. The van der Waals surface area contributed by atoms with Crippen molar-refractivity contribution in [3.63, 3.8) is 0 Å². The highest BCUT2D eigenvalue weighted by Crippen LogP contribution is 2.19. The topological polar surface area (TPSA) is 78.7 Å². The van der Waals surface area contributed by atoms with E-state index < -0.39 is 0 Å². The Morgan fingerprint density at radius 1 is 1.21 bits per heavy atom. The first-order valence-corrected chi connectivity index (χ1v) is 8.23. The Morgan fingerprint density at radius 3 is 2.67 bits per heavy atom. The van der Waals surface area contributed by atoms with Crippen molar-refractivity contribution in [3.8, 4) is 0 Å². The monoisotopic (exact) mass is 446 g/mol. The lowest BCUT2D eigenvalue weighted by Crippen LogP contribution is -2.41. The zero-order valence-electron chi connectivity index (χ0n) is 14.1. The van der Waals surface area contributed by atoms with E-state index in [1.54, 1.807) is 24.8 Å². The van der Waals surface area contributed by atoms with Crippen molar-refractivity contribution >= 4 is 35.8 Å². The summed E-state index contributed by atoms with van der Waals surface area (Å²) in [6.07, 6.45) is 10.0. The summed E-state index contributed by atoms with van der Waals surface area (Å²) in [7, 11) is 1.75. The molecular weight excluding hydrogens is 419 g/mol. The molecule has 0 radical (unpaired) electrons. The maximum atomic E-state index is 11.7. The second-order valence-electron chi connectivity index (χ2n) is 5.52. The minimum Gasteiger partial charge on any atom is -0.459 e. The Hall–Kier alpha value is -1.51. The SMILES string of the molecule is CN=C(NCCNC(=O)c1ccco1)NCCC1=CCCCC1.I. The third kappa shape index (κ3) is 7.37. The van der Waals surface area contributed by atoms with Crippen molar-refractivity contribution in [2.45, 2.75) is 32.1 Å². The zero-order chi connectivity index (χ0) is 16.3. The van der Waals surface area contributed by atoms with Gasteiger partial charge in [-0.15, -0.1) is 24.0 Å². The van der Waals surface area contributed by atoms with Gasteiger partial charge in [0.1, 0.15) is 0 Å². The fourth-order valence-electron chi connectivity index (χ4n) is 2.55. The molecular formula is C17H27IN4O2. The van der Waals surface area contributed by atoms with Gasteiger partial charge in [-0.3, -0.25) is 9.79 Å². The number of amides is 1. The Kier molecular flexibility index (Phi) is 10.2. The van der Waals surface area contributed by atoms with Gasteiger partial charge in [0.15, 0.2) is 11.7 Å². The molecule has 0 fully saturated rings. The van der Waals surface area contributed by atoms with Crippen LogP contribution in [0.4, 0.5) is 0 Å². The lowest BCUT2D eigenvalue weighted by Gasteiger charge is -2.15. The number of carbonyl (C=O) groups excluding carboxylic acids is 1. The molecule has 1 aromatic rings. The highest BCUT2D eigenvalue weighted by molar-refractivity contribution is 14.0. The van der Waals surface area contributed by atoms with Gasteiger partial charge in [-0.25, -0.2) is 0 Å². The van der Waals surface area contributed by atoms with Crippen LogP contribution < -0.4 is 16.0 Å². The van der Waals surface area contributed by atoms with Crippen LogP contribution in [0.2, 0.25) is 0 Å². The first kappa shape index (κ1) is 20.5. The van der Waals surface area contributed by atoms with Crippen molar-refractivity contribution in [1.82, 2.24) is 16.0 Å². The van der Waals surface area contributed by atoms with Gasteiger partial charge in [0, 0.05) is 26.7 Å². The molecule has 0 aromatic carbocycles. The molecule has 0 spiro atoms. The Labute approximate surface area is 160 Å². The fourth-order valence-corrected chi connectivity index (χ4v) is 2.55. The van der Waals surface area contributed by atoms with Crippen molar-refractivity contribution < 1.29 is 9.21 Å². The summed E-state index contributed by atoms with van der Waals surface area (Å²) in [4.78, 5) is 15.9. The Bertz CT molecular complexity index is 541. The van der Waals surface area contributed by atoms with Crippen LogP contribution >= 0.6 is 24.0 Å². The Balaban J connectivity index is 0.00000288. The van der Waals surface area contributed by atoms with E-state index in [4.69, 9.17) is 4.42 Å². The molecule has 0 bridgehead atoms. The molecule has 0 unspecified atom stereocenters. The van der Waals surface area contributed by atoms with Crippen LogP contribution in [0.3, 0.4) is 0 Å². The number of allylic oxidation sites excluding steroid dienone is 1. The average molecular weight is 446 g/mol. The van der Waals surface area contributed by atoms with Gasteiger partial charge in [0.05, 0.1) is 6.26 Å². The van der Waals surface area contributed by atoms with Gasteiger partial charge in [0.25, 0.3) is 5.91 Å². The predicted octanol–water partition coefficient (Wildman–Crippen LogP) is 2.68. The minimum atomic E-state index is -0.205. The highest BCUT2D eigenvalue weighted by atomic mass is 127. The van der Waals surface area contributed by atoms with E-state index in [1.807, 2.05) is 0 Å². The molecule has 24 heavy (non-hydrogen) atoms. The lowest BCUT2D eigenvalue weighted by atomic mass is 9.97. The molecule has 0 atom stereocenters. The molecule has 1 aromatic heterocycles. The largest absolute Gasteiger partial charge is 0.459 e. The summed E-state index contributed by atoms with van der Waals surface area (Å²) < 4.78 is 5.03. The second kappa shape index (κ2) is 11.9. The van der Waals surface area contributed by atoms with Crippen molar-refractivity contribution in [2.75, 3.05) is 26.7 Å². The summed E-state index contributed by atoms with van der Waals surface area (Å²) in [5, 5.41) is 9.27. The van der Waals surface area contributed by atoms with Gasteiger partial charge in [-0.1, -0.05) is 11.6 Å². The molecule has 2 rings (SSSR count). The van der Waals surface area contributed by atoms with Gasteiger partial charge in [-0.05, 0) is 44.2 Å². The molecule has 1 amide bonds. The molecule has 3 N–H and O–H groups in total. The van der Waals surface area contributed by atoms with E-state index in [0.717, 1.165) is 18.9 Å². The number of rotatable bonds is 7. The number of nitrogens with zero attached hydrogens (tertiary/aromatic N) is 1. The van der Waals surface area contributed by atoms with Crippen molar-refractivity contribution in [3.05, 3.63) is 35.8 Å². The average Bonchev–Trinajstić information content (AvgIpc) is 3.12. The van der Waals surface area contributed by atoms with Crippen LogP contribution in [0.5, 0.6) is 0 Å². The quantitative estimate of drug-likeness (QED) is 0.198. The molecule has 1 aliphatic rings. The summed E-state index contributed by atoms with van der Waals surface area (Å²) in [6.45, 7) is 1.99. The first-order valence-electron chi connectivity index (χ1n) is 8.23. The molecule has 6 nitrogen and oxygen atoms in total. The van der Waals surface area contributed by atoms with Crippen LogP contribution in [-0.2, 0) is 0 Å². The van der Waals surface area contributed by atoms with Gasteiger partial charge in [-0.2, -0.15) is 0 Å². The van der Waals surface area contributed by atoms with E-state index in [9.17, 15) is 4.79 Å². The molecule has 0 saturated carbocycles. The van der Waals surface area contributed by atoms with E-state index in [0.29, 0.717) is 18.8 Å². The Morgan fingerprint density at radius 2 is 2.00 bits per heavy atom.